The lowest BCUT2D eigenvalue weighted by molar-refractivity contribution is -0.115. The van der Waals surface area contributed by atoms with Crippen LogP contribution in [0.3, 0.4) is 0 Å². The Kier molecular flexibility index (Phi) is 3.24. The fraction of sp³-hybridized carbons (Fsp3) is 0.0769. The number of para-hydroxylation sites is 1. The lowest BCUT2D eigenvalue weighted by Gasteiger charge is -2.00. The minimum atomic E-state index is -0.172. The number of anilines is 1. The number of carbonyl (C=O) groups excluding carboxylic acids is 1. The SMILES string of the molecule is O=C(Cc1cnn(-c2ccccc2)n1)Nc1ccn[nH]1. The second-order valence-electron chi connectivity index (χ2n) is 4.16. The number of amides is 1. The number of hydrogen-bond acceptors (Lipinski definition) is 4. The van der Waals surface area contributed by atoms with E-state index in [9.17, 15) is 4.79 Å². The normalized spacial score (nSPS) is 10.4. The Labute approximate surface area is 114 Å². The van der Waals surface area contributed by atoms with Crippen LogP contribution in [0.25, 0.3) is 5.69 Å². The average molecular weight is 268 g/mol. The van der Waals surface area contributed by atoms with E-state index in [0.717, 1.165) is 5.69 Å². The first-order valence-corrected chi connectivity index (χ1v) is 6.07. The van der Waals surface area contributed by atoms with Crippen LogP contribution in [0.2, 0.25) is 0 Å². The zero-order chi connectivity index (χ0) is 13.8. The molecule has 3 rings (SSSR count). The Bertz CT molecular complexity index is 689. The van der Waals surface area contributed by atoms with Crippen LogP contribution < -0.4 is 5.32 Å². The summed E-state index contributed by atoms with van der Waals surface area (Å²) >= 11 is 0. The third-order valence-electron chi connectivity index (χ3n) is 2.64. The van der Waals surface area contributed by atoms with E-state index >= 15 is 0 Å². The molecule has 1 aromatic carbocycles. The van der Waals surface area contributed by atoms with Gasteiger partial charge >= 0.3 is 0 Å². The molecule has 0 spiro atoms. The molecule has 0 fully saturated rings. The number of H-pyrrole nitrogens is 1. The summed E-state index contributed by atoms with van der Waals surface area (Å²) in [5.74, 6) is 0.389. The van der Waals surface area contributed by atoms with Crippen LogP contribution >= 0.6 is 0 Å². The van der Waals surface area contributed by atoms with Gasteiger partial charge in [-0.15, -0.1) is 0 Å². The quantitative estimate of drug-likeness (QED) is 0.743. The van der Waals surface area contributed by atoms with Gasteiger partial charge in [0.25, 0.3) is 0 Å². The zero-order valence-corrected chi connectivity index (χ0v) is 10.5. The minimum Gasteiger partial charge on any atom is -0.311 e. The lowest BCUT2D eigenvalue weighted by Crippen LogP contribution is -2.15. The number of aromatic amines is 1. The van der Waals surface area contributed by atoms with Crippen molar-refractivity contribution in [2.45, 2.75) is 6.42 Å². The van der Waals surface area contributed by atoms with Gasteiger partial charge in [-0.25, -0.2) is 0 Å². The molecule has 0 aliphatic rings. The minimum absolute atomic E-state index is 0.159. The highest BCUT2D eigenvalue weighted by Gasteiger charge is 2.09. The first kappa shape index (κ1) is 12.1. The zero-order valence-electron chi connectivity index (χ0n) is 10.5. The van der Waals surface area contributed by atoms with Gasteiger partial charge in [0.15, 0.2) is 0 Å². The summed E-state index contributed by atoms with van der Waals surface area (Å²) in [5.41, 5.74) is 1.46. The highest BCUT2D eigenvalue weighted by atomic mass is 16.1. The summed E-state index contributed by atoms with van der Waals surface area (Å²) in [7, 11) is 0. The summed E-state index contributed by atoms with van der Waals surface area (Å²) < 4.78 is 0. The predicted molar refractivity (Wildman–Crippen MR) is 72.3 cm³/mol. The largest absolute Gasteiger partial charge is 0.311 e. The fourth-order valence-electron chi connectivity index (χ4n) is 1.75. The van der Waals surface area contributed by atoms with Gasteiger partial charge in [-0.1, -0.05) is 18.2 Å². The van der Waals surface area contributed by atoms with Crippen molar-refractivity contribution in [3.05, 3.63) is 54.5 Å². The van der Waals surface area contributed by atoms with Crippen LogP contribution in [0.1, 0.15) is 5.69 Å². The van der Waals surface area contributed by atoms with E-state index in [1.165, 1.54) is 4.80 Å². The molecule has 2 aromatic heterocycles. The van der Waals surface area contributed by atoms with Crippen molar-refractivity contribution < 1.29 is 4.79 Å². The number of nitrogens with one attached hydrogen (secondary N) is 2. The van der Waals surface area contributed by atoms with E-state index in [4.69, 9.17) is 0 Å². The summed E-state index contributed by atoms with van der Waals surface area (Å²) in [4.78, 5) is 13.3. The molecule has 0 unspecified atom stereocenters. The second kappa shape index (κ2) is 5.35. The Hall–Kier alpha value is -2.96. The van der Waals surface area contributed by atoms with Gasteiger partial charge in [-0.05, 0) is 12.1 Å². The number of benzene rings is 1. The van der Waals surface area contributed by atoms with Gasteiger partial charge in [-0.3, -0.25) is 9.89 Å². The van der Waals surface area contributed by atoms with Gasteiger partial charge < -0.3 is 5.32 Å². The van der Waals surface area contributed by atoms with Crippen molar-refractivity contribution >= 4 is 11.7 Å². The van der Waals surface area contributed by atoms with Crippen molar-refractivity contribution in [3.63, 3.8) is 0 Å². The number of rotatable bonds is 4. The standard InChI is InChI=1S/C13H12N6O/c20-13(16-12-6-7-14-17-12)8-10-9-15-19(18-10)11-4-2-1-3-5-11/h1-7,9H,8H2,(H2,14,16,17,20). The average Bonchev–Trinajstić information content (AvgIpc) is 3.11. The molecule has 2 N–H and O–H groups in total. The third kappa shape index (κ3) is 2.72. The molecule has 2 heterocycles. The first-order valence-electron chi connectivity index (χ1n) is 6.07. The maximum Gasteiger partial charge on any atom is 0.231 e. The van der Waals surface area contributed by atoms with Crippen LogP contribution in [0.4, 0.5) is 5.82 Å². The molecule has 100 valence electrons. The van der Waals surface area contributed by atoms with Gasteiger partial charge in [0.1, 0.15) is 5.82 Å². The molecular weight excluding hydrogens is 256 g/mol. The van der Waals surface area contributed by atoms with Crippen LogP contribution in [0, 0.1) is 0 Å². The second-order valence-corrected chi connectivity index (χ2v) is 4.16. The predicted octanol–water partition coefficient (Wildman–Crippen LogP) is 1.17. The highest BCUT2D eigenvalue weighted by Crippen LogP contribution is 2.05. The van der Waals surface area contributed by atoms with Gasteiger partial charge in [0.2, 0.25) is 5.91 Å². The topological polar surface area (TPSA) is 88.5 Å². The molecule has 0 aliphatic heterocycles. The smallest absolute Gasteiger partial charge is 0.231 e. The molecule has 0 bridgehead atoms. The Morgan fingerprint density at radius 3 is 2.85 bits per heavy atom. The van der Waals surface area contributed by atoms with Crippen LogP contribution in [-0.2, 0) is 11.2 Å². The van der Waals surface area contributed by atoms with Crippen molar-refractivity contribution in [3.8, 4) is 5.69 Å². The van der Waals surface area contributed by atoms with Crippen molar-refractivity contribution in [2.75, 3.05) is 5.32 Å². The van der Waals surface area contributed by atoms with E-state index in [-0.39, 0.29) is 12.3 Å². The molecule has 0 saturated carbocycles. The van der Waals surface area contributed by atoms with Gasteiger partial charge in [0.05, 0.1) is 30.2 Å². The van der Waals surface area contributed by atoms with E-state index in [0.29, 0.717) is 11.5 Å². The maximum absolute atomic E-state index is 11.8. The molecule has 7 heteroatoms. The first-order chi connectivity index (χ1) is 9.81. The van der Waals surface area contributed by atoms with E-state index in [2.05, 4.69) is 25.7 Å². The third-order valence-corrected chi connectivity index (χ3v) is 2.64. The summed E-state index contributed by atoms with van der Waals surface area (Å²) in [6.45, 7) is 0. The Balaban J connectivity index is 1.67. The number of aromatic nitrogens is 5. The van der Waals surface area contributed by atoms with E-state index in [1.807, 2.05) is 30.3 Å². The highest BCUT2D eigenvalue weighted by molar-refractivity contribution is 5.90. The van der Waals surface area contributed by atoms with Crippen LogP contribution in [-0.4, -0.2) is 31.1 Å². The molecule has 0 saturated heterocycles. The van der Waals surface area contributed by atoms with Crippen LogP contribution in [0.15, 0.2) is 48.8 Å². The molecule has 0 aliphatic carbocycles. The summed E-state index contributed by atoms with van der Waals surface area (Å²) in [5, 5.41) is 17.5. The van der Waals surface area contributed by atoms with Crippen molar-refractivity contribution in [2.24, 2.45) is 0 Å². The monoisotopic (exact) mass is 268 g/mol. The van der Waals surface area contributed by atoms with E-state index < -0.39 is 0 Å². The van der Waals surface area contributed by atoms with Gasteiger partial charge in [0, 0.05) is 6.07 Å². The van der Waals surface area contributed by atoms with Crippen LogP contribution in [0.5, 0.6) is 0 Å². The van der Waals surface area contributed by atoms with Crippen molar-refractivity contribution in [1.29, 1.82) is 0 Å². The van der Waals surface area contributed by atoms with Gasteiger partial charge in [-0.2, -0.15) is 20.1 Å². The lowest BCUT2D eigenvalue weighted by atomic mass is 10.3. The number of nitrogens with zero attached hydrogens (tertiary/aromatic N) is 4. The Morgan fingerprint density at radius 2 is 2.10 bits per heavy atom. The van der Waals surface area contributed by atoms with E-state index in [1.54, 1.807) is 18.5 Å². The number of hydrogen-bond donors (Lipinski definition) is 2. The summed E-state index contributed by atoms with van der Waals surface area (Å²) in [6.07, 6.45) is 3.31. The fourth-order valence-corrected chi connectivity index (χ4v) is 1.75. The molecule has 0 atom stereocenters. The molecular formula is C13H12N6O. The number of carbonyl (C=O) groups is 1. The maximum atomic E-state index is 11.8. The molecule has 20 heavy (non-hydrogen) atoms. The van der Waals surface area contributed by atoms with Crippen molar-refractivity contribution in [1.82, 2.24) is 25.2 Å². The molecule has 1 amide bonds. The molecule has 0 radical (unpaired) electrons. The Morgan fingerprint density at radius 1 is 1.25 bits per heavy atom. The summed E-state index contributed by atoms with van der Waals surface area (Å²) in [6, 6.07) is 11.2. The molecule has 3 aromatic rings. The molecule has 7 nitrogen and oxygen atoms in total.